The van der Waals surface area contributed by atoms with Crippen molar-refractivity contribution in [1.29, 1.82) is 0 Å². The Morgan fingerprint density at radius 1 is 1.07 bits per heavy atom. The monoisotopic (exact) mass is 406 g/mol. The van der Waals surface area contributed by atoms with Crippen LogP contribution in [0.1, 0.15) is 24.5 Å². The van der Waals surface area contributed by atoms with Crippen molar-refractivity contribution < 1.29 is 9.53 Å². The summed E-state index contributed by atoms with van der Waals surface area (Å²) in [5.41, 5.74) is 2.73. The summed E-state index contributed by atoms with van der Waals surface area (Å²) >= 11 is 0. The van der Waals surface area contributed by atoms with Gasteiger partial charge in [-0.05, 0) is 24.1 Å². The third kappa shape index (κ3) is 2.97. The van der Waals surface area contributed by atoms with Gasteiger partial charge in [0.05, 0.1) is 13.2 Å². The Morgan fingerprint density at radius 2 is 1.87 bits per heavy atom. The number of urea groups is 1. The van der Waals surface area contributed by atoms with Gasteiger partial charge in [0, 0.05) is 50.4 Å². The van der Waals surface area contributed by atoms with Crippen LogP contribution in [0.15, 0.2) is 48.5 Å². The van der Waals surface area contributed by atoms with Gasteiger partial charge in [-0.1, -0.05) is 43.3 Å². The summed E-state index contributed by atoms with van der Waals surface area (Å²) in [6.45, 7) is 7.86. The number of carbonyl (C=O) groups is 1. The molecule has 2 saturated heterocycles. The number of benzene rings is 2. The van der Waals surface area contributed by atoms with E-state index in [2.05, 4.69) is 35.3 Å². The fraction of sp³-hybridized carbons (Fsp3) is 0.458. The van der Waals surface area contributed by atoms with E-state index < -0.39 is 5.66 Å². The van der Waals surface area contributed by atoms with E-state index >= 15 is 0 Å². The molecule has 2 fully saturated rings. The molecule has 0 bridgehead atoms. The summed E-state index contributed by atoms with van der Waals surface area (Å²) in [4.78, 5) is 20.3. The summed E-state index contributed by atoms with van der Waals surface area (Å²) < 4.78 is 6.17. The summed E-state index contributed by atoms with van der Waals surface area (Å²) in [6, 6.07) is 16.7. The molecule has 0 spiro atoms. The predicted octanol–water partition coefficient (Wildman–Crippen LogP) is 3.03. The highest BCUT2D eigenvalue weighted by Crippen LogP contribution is 2.47. The summed E-state index contributed by atoms with van der Waals surface area (Å²) in [7, 11) is 0. The van der Waals surface area contributed by atoms with Gasteiger partial charge in [0.1, 0.15) is 5.75 Å². The number of fused-ring (bicyclic) bond motifs is 1. The number of rotatable bonds is 5. The smallest absolute Gasteiger partial charge is 0.326 e. The van der Waals surface area contributed by atoms with Crippen LogP contribution in [0, 0.1) is 0 Å². The highest BCUT2D eigenvalue weighted by Gasteiger charge is 2.56. The third-order valence-electron chi connectivity index (χ3n) is 6.54. The number of para-hydroxylation sites is 2. The summed E-state index contributed by atoms with van der Waals surface area (Å²) in [5, 5.41) is 3.47. The molecule has 1 N–H and O–H groups in total. The van der Waals surface area contributed by atoms with E-state index in [1.807, 2.05) is 40.1 Å². The zero-order valence-corrected chi connectivity index (χ0v) is 17.6. The SMILES string of the molecule is CCCN1CC(c2cccc3c2OCC3)(N2CCNCC2)N(c2ccccc2)C1=O. The van der Waals surface area contributed by atoms with E-state index in [-0.39, 0.29) is 6.03 Å². The van der Waals surface area contributed by atoms with Crippen LogP contribution in [0.25, 0.3) is 0 Å². The molecule has 0 aliphatic carbocycles. The largest absolute Gasteiger partial charge is 0.493 e. The van der Waals surface area contributed by atoms with Crippen LogP contribution in [0.3, 0.4) is 0 Å². The zero-order chi connectivity index (χ0) is 20.6. The Kier molecular flexibility index (Phi) is 5.13. The Balaban J connectivity index is 1.73. The second-order valence-corrected chi connectivity index (χ2v) is 8.32. The van der Waals surface area contributed by atoms with Crippen molar-refractivity contribution in [3.63, 3.8) is 0 Å². The second kappa shape index (κ2) is 7.93. The number of nitrogens with one attached hydrogen (secondary N) is 1. The van der Waals surface area contributed by atoms with Crippen LogP contribution in [-0.4, -0.2) is 61.7 Å². The van der Waals surface area contributed by atoms with Crippen molar-refractivity contribution in [1.82, 2.24) is 15.1 Å². The molecule has 3 aliphatic rings. The maximum absolute atomic E-state index is 13.8. The van der Waals surface area contributed by atoms with Gasteiger partial charge in [-0.15, -0.1) is 0 Å². The predicted molar refractivity (Wildman–Crippen MR) is 118 cm³/mol. The minimum absolute atomic E-state index is 0.0807. The molecule has 2 aromatic rings. The molecule has 1 unspecified atom stereocenters. The minimum atomic E-state index is -0.578. The van der Waals surface area contributed by atoms with Gasteiger partial charge >= 0.3 is 6.03 Å². The van der Waals surface area contributed by atoms with E-state index in [0.717, 1.165) is 62.6 Å². The van der Waals surface area contributed by atoms with Crippen LogP contribution in [0.2, 0.25) is 0 Å². The first-order chi connectivity index (χ1) is 14.8. The number of amides is 2. The first-order valence-electron chi connectivity index (χ1n) is 11.1. The van der Waals surface area contributed by atoms with Crippen molar-refractivity contribution in [2.45, 2.75) is 25.4 Å². The number of carbonyl (C=O) groups excluding carboxylic acids is 1. The zero-order valence-electron chi connectivity index (χ0n) is 17.6. The Bertz CT molecular complexity index is 913. The number of hydrogen-bond acceptors (Lipinski definition) is 4. The fourth-order valence-electron chi connectivity index (χ4n) is 5.23. The molecule has 30 heavy (non-hydrogen) atoms. The second-order valence-electron chi connectivity index (χ2n) is 8.32. The number of piperazine rings is 1. The molecule has 3 heterocycles. The van der Waals surface area contributed by atoms with Crippen molar-refractivity contribution >= 4 is 11.7 Å². The van der Waals surface area contributed by atoms with Crippen LogP contribution in [-0.2, 0) is 12.1 Å². The van der Waals surface area contributed by atoms with E-state index in [4.69, 9.17) is 4.74 Å². The lowest BCUT2D eigenvalue weighted by Gasteiger charge is -2.48. The lowest BCUT2D eigenvalue weighted by atomic mass is 9.92. The average molecular weight is 407 g/mol. The van der Waals surface area contributed by atoms with E-state index in [9.17, 15) is 4.79 Å². The average Bonchev–Trinajstić information content (AvgIpc) is 3.38. The fourth-order valence-corrected chi connectivity index (χ4v) is 5.23. The van der Waals surface area contributed by atoms with Gasteiger partial charge in [0.15, 0.2) is 5.66 Å². The van der Waals surface area contributed by atoms with Crippen LogP contribution in [0.5, 0.6) is 5.75 Å². The van der Waals surface area contributed by atoms with Crippen molar-refractivity contribution in [3.8, 4) is 5.75 Å². The third-order valence-corrected chi connectivity index (χ3v) is 6.54. The maximum atomic E-state index is 13.8. The molecule has 6 nitrogen and oxygen atoms in total. The van der Waals surface area contributed by atoms with Crippen LogP contribution in [0.4, 0.5) is 10.5 Å². The quantitative estimate of drug-likeness (QED) is 0.829. The normalized spacial score (nSPS) is 24.2. The van der Waals surface area contributed by atoms with E-state index in [1.165, 1.54) is 5.56 Å². The number of ether oxygens (including phenoxy) is 1. The van der Waals surface area contributed by atoms with Crippen LogP contribution < -0.4 is 15.0 Å². The molecule has 0 aromatic heterocycles. The van der Waals surface area contributed by atoms with E-state index in [0.29, 0.717) is 13.2 Å². The first-order valence-corrected chi connectivity index (χ1v) is 11.1. The molecular weight excluding hydrogens is 376 g/mol. The number of nitrogens with zero attached hydrogens (tertiary/aromatic N) is 3. The highest BCUT2D eigenvalue weighted by atomic mass is 16.5. The van der Waals surface area contributed by atoms with Crippen molar-refractivity contribution in [2.75, 3.05) is 50.8 Å². The Labute approximate surface area is 178 Å². The number of anilines is 1. The Morgan fingerprint density at radius 3 is 2.63 bits per heavy atom. The molecule has 2 aromatic carbocycles. The maximum Gasteiger partial charge on any atom is 0.326 e. The molecule has 158 valence electrons. The lowest BCUT2D eigenvalue weighted by Crippen LogP contribution is -2.62. The lowest BCUT2D eigenvalue weighted by molar-refractivity contribution is 0.0751. The van der Waals surface area contributed by atoms with E-state index in [1.54, 1.807) is 0 Å². The molecule has 5 rings (SSSR count). The Hall–Kier alpha value is -2.57. The summed E-state index contributed by atoms with van der Waals surface area (Å²) in [5.74, 6) is 0.975. The topological polar surface area (TPSA) is 48.1 Å². The van der Waals surface area contributed by atoms with Crippen molar-refractivity contribution in [3.05, 3.63) is 59.7 Å². The molecule has 2 amide bonds. The van der Waals surface area contributed by atoms with Gasteiger partial charge in [-0.25, -0.2) is 4.79 Å². The molecule has 0 saturated carbocycles. The minimum Gasteiger partial charge on any atom is -0.493 e. The van der Waals surface area contributed by atoms with Gasteiger partial charge in [-0.2, -0.15) is 0 Å². The molecule has 6 heteroatoms. The standard InChI is InChI=1S/C24H30N4O2/c1-2-14-26-18-24(27-15-12-25-13-16-27,21-10-6-7-19-11-17-30-22(19)21)28(23(26)29)20-8-4-3-5-9-20/h3-10,25H,2,11-18H2,1H3. The molecular formula is C24H30N4O2. The molecule has 1 atom stereocenters. The molecule has 0 radical (unpaired) electrons. The summed E-state index contributed by atoms with van der Waals surface area (Å²) in [6.07, 6.45) is 1.87. The molecule has 3 aliphatic heterocycles. The van der Waals surface area contributed by atoms with Gasteiger partial charge < -0.3 is 15.0 Å². The first kappa shape index (κ1) is 19.4. The van der Waals surface area contributed by atoms with Crippen LogP contribution >= 0.6 is 0 Å². The van der Waals surface area contributed by atoms with Gasteiger partial charge in [0.25, 0.3) is 0 Å². The van der Waals surface area contributed by atoms with Gasteiger partial charge in [0.2, 0.25) is 0 Å². The van der Waals surface area contributed by atoms with Crippen molar-refractivity contribution in [2.24, 2.45) is 0 Å². The number of hydrogen-bond donors (Lipinski definition) is 1. The highest BCUT2D eigenvalue weighted by molar-refractivity contribution is 5.96. The van der Waals surface area contributed by atoms with Gasteiger partial charge in [-0.3, -0.25) is 9.80 Å².